The average molecular weight is 250 g/mol. The lowest BCUT2D eigenvalue weighted by Crippen LogP contribution is -2.11. The van der Waals surface area contributed by atoms with E-state index >= 15 is 0 Å². The summed E-state index contributed by atoms with van der Waals surface area (Å²) in [7, 11) is 0. The molecule has 0 aliphatic heterocycles. The Balaban J connectivity index is 1.92. The Hall–Kier alpha value is -1.25. The fourth-order valence-corrected chi connectivity index (χ4v) is 3.43. The third-order valence-electron chi connectivity index (χ3n) is 4.49. The van der Waals surface area contributed by atoms with E-state index in [1.165, 1.54) is 12.1 Å². The van der Waals surface area contributed by atoms with Crippen LogP contribution in [0.1, 0.15) is 41.6 Å². The van der Waals surface area contributed by atoms with Gasteiger partial charge in [-0.2, -0.15) is 0 Å². The number of carbonyl (C=O) groups is 1. The van der Waals surface area contributed by atoms with Crippen LogP contribution in [-0.4, -0.2) is 5.78 Å². The summed E-state index contributed by atoms with van der Waals surface area (Å²) in [5.74, 6) is -1.07. The van der Waals surface area contributed by atoms with E-state index < -0.39 is 11.6 Å². The van der Waals surface area contributed by atoms with Gasteiger partial charge in [0.2, 0.25) is 0 Å². The Kier molecular flexibility index (Phi) is 2.72. The predicted molar refractivity (Wildman–Crippen MR) is 64.4 cm³/mol. The summed E-state index contributed by atoms with van der Waals surface area (Å²) in [6.45, 7) is 1.56. The Morgan fingerprint density at radius 1 is 1.17 bits per heavy atom. The molecule has 0 spiro atoms. The van der Waals surface area contributed by atoms with Gasteiger partial charge in [0.1, 0.15) is 11.6 Å². The zero-order valence-electron chi connectivity index (χ0n) is 10.4. The van der Waals surface area contributed by atoms with E-state index in [0.717, 1.165) is 25.7 Å². The first-order chi connectivity index (χ1) is 8.61. The second-order valence-corrected chi connectivity index (χ2v) is 5.56. The number of halogens is 2. The zero-order chi connectivity index (χ0) is 12.9. The first kappa shape index (κ1) is 11.8. The van der Waals surface area contributed by atoms with Gasteiger partial charge in [0.25, 0.3) is 0 Å². The van der Waals surface area contributed by atoms with Crippen LogP contribution in [0, 0.1) is 36.3 Å². The van der Waals surface area contributed by atoms with Crippen molar-refractivity contribution in [2.45, 2.75) is 32.6 Å². The number of aryl methyl sites for hydroxylation is 1. The van der Waals surface area contributed by atoms with Crippen molar-refractivity contribution in [1.82, 2.24) is 0 Å². The summed E-state index contributed by atoms with van der Waals surface area (Å²) in [6.07, 6.45) is 4.36. The Morgan fingerprint density at radius 2 is 1.78 bits per heavy atom. The molecule has 1 aromatic carbocycles. The van der Waals surface area contributed by atoms with Gasteiger partial charge in [-0.05, 0) is 43.2 Å². The SMILES string of the molecule is Cc1ccc(F)c(C(=O)C2C3CCCCC32)c1F. The van der Waals surface area contributed by atoms with Crippen LogP contribution in [-0.2, 0) is 0 Å². The Labute approximate surface area is 105 Å². The fourth-order valence-electron chi connectivity index (χ4n) is 3.43. The van der Waals surface area contributed by atoms with Crippen molar-refractivity contribution in [2.75, 3.05) is 0 Å². The van der Waals surface area contributed by atoms with E-state index in [-0.39, 0.29) is 17.3 Å². The maximum Gasteiger partial charge on any atom is 0.172 e. The molecule has 3 heteroatoms. The molecule has 0 saturated heterocycles. The summed E-state index contributed by atoms with van der Waals surface area (Å²) in [5, 5.41) is 0. The molecule has 2 saturated carbocycles. The van der Waals surface area contributed by atoms with Crippen molar-refractivity contribution in [3.63, 3.8) is 0 Å². The molecule has 18 heavy (non-hydrogen) atoms. The van der Waals surface area contributed by atoms with Gasteiger partial charge in [-0.3, -0.25) is 4.79 Å². The van der Waals surface area contributed by atoms with Crippen molar-refractivity contribution in [1.29, 1.82) is 0 Å². The van der Waals surface area contributed by atoms with E-state index in [4.69, 9.17) is 0 Å². The first-order valence-corrected chi connectivity index (χ1v) is 6.60. The summed E-state index contributed by atoms with van der Waals surface area (Å²) in [6, 6.07) is 2.57. The van der Waals surface area contributed by atoms with E-state index in [1.54, 1.807) is 6.92 Å². The molecule has 3 rings (SSSR count). The van der Waals surface area contributed by atoms with Gasteiger partial charge in [-0.15, -0.1) is 0 Å². The third-order valence-corrected chi connectivity index (χ3v) is 4.49. The molecular weight excluding hydrogens is 234 g/mol. The predicted octanol–water partition coefficient (Wildman–Crippen LogP) is 3.89. The normalized spacial score (nSPS) is 29.8. The Bertz CT molecular complexity index is 497. The van der Waals surface area contributed by atoms with Gasteiger partial charge in [-0.25, -0.2) is 8.78 Å². The van der Waals surface area contributed by atoms with Crippen molar-refractivity contribution in [3.05, 3.63) is 34.9 Å². The second-order valence-electron chi connectivity index (χ2n) is 5.56. The van der Waals surface area contributed by atoms with Gasteiger partial charge >= 0.3 is 0 Å². The molecule has 1 nitrogen and oxygen atoms in total. The molecule has 0 radical (unpaired) electrons. The van der Waals surface area contributed by atoms with Crippen molar-refractivity contribution >= 4 is 5.78 Å². The third kappa shape index (κ3) is 1.68. The number of Topliss-reactive ketones (excluding diaryl/α,β-unsaturated/α-hetero) is 1. The van der Waals surface area contributed by atoms with Crippen molar-refractivity contribution in [2.24, 2.45) is 17.8 Å². The van der Waals surface area contributed by atoms with Crippen molar-refractivity contribution in [3.8, 4) is 0 Å². The number of carbonyl (C=O) groups excluding carboxylic acids is 1. The molecular formula is C15H16F2O. The lowest BCUT2D eigenvalue weighted by atomic mass is 10.0. The monoisotopic (exact) mass is 250 g/mol. The van der Waals surface area contributed by atoms with E-state index in [1.807, 2.05) is 0 Å². The number of hydrogen-bond donors (Lipinski definition) is 0. The zero-order valence-corrected chi connectivity index (χ0v) is 10.4. The molecule has 2 aliphatic rings. The van der Waals surface area contributed by atoms with Gasteiger partial charge in [-0.1, -0.05) is 18.9 Å². The van der Waals surface area contributed by atoms with E-state index in [9.17, 15) is 13.6 Å². The highest BCUT2D eigenvalue weighted by molar-refractivity contribution is 6.00. The van der Waals surface area contributed by atoms with Crippen LogP contribution < -0.4 is 0 Å². The minimum absolute atomic E-state index is 0.127. The average Bonchev–Trinajstić information content (AvgIpc) is 3.08. The molecule has 0 N–H and O–H groups in total. The number of ketones is 1. The lowest BCUT2D eigenvalue weighted by Gasteiger charge is -2.06. The topological polar surface area (TPSA) is 17.1 Å². The maximum atomic E-state index is 13.9. The largest absolute Gasteiger partial charge is 0.294 e. The molecule has 0 amide bonds. The van der Waals surface area contributed by atoms with Crippen LogP contribution in [0.3, 0.4) is 0 Å². The molecule has 0 aromatic heterocycles. The van der Waals surface area contributed by atoms with Gasteiger partial charge in [0, 0.05) is 5.92 Å². The minimum Gasteiger partial charge on any atom is -0.294 e. The summed E-state index contributed by atoms with van der Waals surface area (Å²) >= 11 is 0. The van der Waals surface area contributed by atoms with Gasteiger partial charge in [0.05, 0.1) is 5.56 Å². The highest BCUT2D eigenvalue weighted by Gasteiger charge is 2.55. The van der Waals surface area contributed by atoms with Gasteiger partial charge in [0.15, 0.2) is 5.78 Å². The van der Waals surface area contributed by atoms with Crippen molar-refractivity contribution < 1.29 is 13.6 Å². The second kappa shape index (κ2) is 4.15. The minimum atomic E-state index is -0.716. The summed E-state index contributed by atoms with van der Waals surface area (Å²) in [4.78, 5) is 12.3. The molecule has 1 aromatic rings. The highest BCUT2D eigenvalue weighted by atomic mass is 19.1. The fraction of sp³-hybridized carbons (Fsp3) is 0.533. The van der Waals surface area contributed by atoms with E-state index in [0.29, 0.717) is 17.4 Å². The smallest absolute Gasteiger partial charge is 0.172 e. The van der Waals surface area contributed by atoms with Crippen LogP contribution in [0.5, 0.6) is 0 Å². The van der Waals surface area contributed by atoms with Crippen LogP contribution in [0.25, 0.3) is 0 Å². The lowest BCUT2D eigenvalue weighted by molar-refractivity contribution is 0.0947. The number of fused-ring (bicyclic) bond motifs is 1. The number of hydrogen-bond acceptors (Lipinski definition) is 1. The van der Waals surface area contributed by atoms with Crippen LogP contribution in [0.4, 0.5) is 8.78 Å². The molecule has 96 valence electrons. The summed E-state index contributed by atoms with van der Waals surface area (Å²) in [5.41, 5.74) is 0.0257. The molecule has 2 fully saturated rings. The van der Waals surface area contributed by atoms with Crippen LogP contribution >= 0.6 is 0 Å². The summed E-state index contributed by atoms with van der Waals surface area (Å²) < 4.78 is 27.6. The molecule has 2 unspecified atom stereocenters. The first-order valence-electron chi connectivity index (χ1n) is 6.60. The maximum absolute atomic E-state index is 13.9. The Morgan fingerprint density at radius 3 is 2.39 bits per heavy atom. The van der Waals surface area contributed by atoms with Crippen LogP contribution in [0.15, 0.2) is 12.1 Å². The molecule has 0 heterocycles. The van der Waals surface area contributed by atoms with E-state index in [2.05, 4.69) is 0 Å². The molecule has 2 aliphatic carbocycles. The standard InChI is InChI=1S/C15H16F2O/c1-8-6-7-11(16)13(14(8)17)15(18)12-9-4-2-3-5-10(9)12/h6-7,9-10,12H,2-5H2,1H3. The highest BCUT2D eigenvalue weighted by Crippen LogP contribution is 2.56. The van der Waals surface area contributed by atoms with Gasteiger partial charge < -0.3 is 0 Å². The number of rotatable bonds is 2. The number of benzene rings is 1. The quantitative estimate of drug-likeness (QED) is 0.728. The van der Waals surface area contributed by atoms with Crippen LogP contribution in [0.2, 0.25) is 0 Å². The molecule has 2 atom stereocenters. The molecule has 0 bridgehead atoms.